The van der Waals surface area contributed by atoms with E-state index in [0.29, 0.717) is 6.54 Å². The number of hydrogen-bond acceptors (Lipinski definition) is 3. The molecule has 2 rings (SSSR count). The lowest BCUT2D eigenvalue weighted by Gasteiger charge is -2.29. The Bertz CT molecular complexity index is 522. The van der Waals surface area contributed by atoms with E-state index in [1.165, 1.54) is 31.5 Å². The van der Waals surface area contributed by atoms with Crippen LogP contribution < -0.4 is 15.4 Å². The average molecular weight is 318 g/mol. The summed E-state index contributed by atoms with van der Waals surface area (Å²) in [7, 11) is 5.72. The number of likely N-dealkylation sites (tertiary alicyclic amines) is 1. The molecule has 0 unspecified atom stereocenters. The van der Waals surface area contributed by atoms with E-state index >= 15 is 0 Å². The van der Waals surface area contributed by atoms with Crippen molar-refractivity contribution in [3.8, 4) is 5.75 Å². The number of nitrogens with one attached hydrogen (secondary N) is 2. The van der Waals surface area contributed by atoms with E-state index in [1.807, 2.05) is 7.05 Å². The van der Waals surface area contributed by atoms with Gasteiger partial charge >= 0.3 is 0 Å². The minimum Gasteiger partial charge on any atom is -0.496 e. The van der Waals surface area contributed by atoms with Gasteiger partial charge in [-0.3, -0.25) is 4.99 Å². The van der Waals surface area contributed by atoms with Crippen LogP contribution in [-0.4, -0.2) is 51.7 Å². The molecule has 1 fully saturated rings. The highest BCUT2D eigenvalue weighted by Gasteiger charge is 2.16. The fraction of sp³-hybridized carbons (Fsp3) is 0.611. The summed E-state index contributed by atoms with van der Waals surface area (Å²) in [4.78, 5) is 6.71. The van der Waals surface area contributed by atoms with Crippen molar-refractivity contribution in [2.45, 2.75) is 26.3 Å². The molecule has 0 aromatic heterocycles. The van der Waals surface area contributed by atoms with E-state index in [0.717, 1.165) is 29.7 Å². The van der Waals surface area contributed by atoms with E-state index in [1.54, 1.807) is 7.11 Å². The maximum absolute atomic E-state index is 5.45. The van der Waals surface area contributed by atoms with Crippen LogP contribution in [0.1, 0.15) is 24.0 Å². The molecular formula is C18H30N4O. The molecule has 0 spiro atoms. The second kappa shape index (κ2) is 8.77. The average Bonchev–Trinajstić information content (AvgIpc) is 2.57. The predicted molar refractivity (Wildman–Crippen MR) is 96.2 cm³/mol. The summed E-state index contributed by atoms with van der Waals surface area (Å²) in [6.07, 6.45) is 2.51. The molecule has 1 aliphatic rings. The second-order valence-electron chi connectivity index (χ2n) is 6.37. The van der Waals surface area contributed by atoms with Gasteiger partial charge in [0.2, 0.25) is 0 Å². The van der Waals surface area contributed by atoms with Crippen LogP contribution in [0.25, 0.3) is 0 Å². The summed E-state index contributed by atoms with van der Waals surface area (Å²) in [5, 5.41) is 6.83. The number of aryl methyl sites for hydroxylation is 1. The van der Waals surface area contributed by atoms with Crippen LogP contribution >= 0.6 is 0 Å². The van der Waals surface area contributed by atoms with Crippen LogP contribution in [0.5, 0.6) is 5.75 Å². The zero-order valence-electron chi connectivity index (χ0n) is 14.9. The Hall–Kier alpha value is -1.75. The lowest BCUT2D eigenvalue weighted by atomic mass is 9.97. The van der Waals surface area contributed by atoms with Gasteiger partial charge in [-0.15, -0.1) is 0 Å². The Balaban J connectivity index is 1.81. The van der Waals surface area contributed by atoms with Crippen LogP contribution in [0.4, 0.5) is 0 Å². The molecule has 0 amide bonds. The Morgan fingerprint density at radius 2 is 2.04 bits per heavy atom. The standard InChI is InChI=1S/C18H30N4O/c1-14-5-6-16(17(11-14)23-4)13-21-18(19-2)20-12-15-7-9-22(3)10-8-15/h5-6,11,15H,7-10,12-13H2,1-4H3,(H2,19,20,21). The Morgan fingerprint density at radius 3 is 2.70 bits per heavy atom. The number of aliphatic imine (C=N–C) groups is 1. The first-order chi connectivity index (χ1) is 11.1. The molecule has 23 heavy (non-hydrogen) atoms. The molecule has 1 aromatic carbocycles. The van der Waals surface area contributed by atoms with Crippen molar-refractivity contribution in [1.29, 1.82) is 0 Å². The molecular weight excluding hydrogens is 288 g/mol. The number of ether oxygens (including phenoxy) is 1. The van der Waals surface area contributed by atoms with Gasteiger partial charge in [0.05, 0.1) is 7.11 Å². The normalized spacial score (nSPS) is 17.1. The predicted octanol–water partition coefficient (Wildman–Crippen LogP) is 2.01. The van der Waals surface area contributed by atoms with Gasteiger partial charge in [-0.2, -0.15) is 0 Å². The fourth-order valence-electron chi connectivity index (χ4n) is 2.90. The molecule has 0 radical (unpaired) electrons. The van der Waals surface area contributed by atoms with E-state index < -0.39 is 0 Å². The summed E-state index contributed by atoms with van der Waals surface area (Å²) in [5.74, 6) is 2.51. The lowest BCUT2D eigenvalue weighted by molar-refractivity contribution is 0.220. The summed E-state index contributed by atoms with van der Waals surface area (Å²) in [6.45, 7) is 6.15. The third-order valence-corrected chi connectivity index (χ3v) is 4.51. The first kappa shape index (κ1) is 17.6. The quantitative estimate of drug-likeness (QED) is 0.644. The van der Waals surface area contributed by atoms with Crippen molar-refractivity contribution in [2.24, 2.45) is 10.9 Å². The van der Waals surface area contributed by atoms with Gasteiger partial charge in [0.25, 0.3) is 0 Å². The Kier molecular flexibility index (Phi) is 6.71. The minimum atomic E-state index is 0.705. The smallest absolute Gasteiger partial charge is 0.191 e. The SMILES string of the molecule is CN=C(NCc1ccc(C)cc1OC)NCC1CCN(C)CC1. The topological polar surface area (TPSA) is 48.9 Å². The van der Waals surface area contributed by atoms with Gasteiger partial charge in [0.15, 0.2) is 5.96 Å². The monoisotopic (exact) mass is 318 g/mol. The molecule has 5 heteroatoms. The largest absolute Gasteiger partial charge is 0.496 e. The van der Waals surface area contributed by atoms with Gasteiger partial charge in [0.1, 0.15) is 5.75 Å². The maximum atomic E-state index is 5.45. The number of benzene rings is 1. The molecule has 5 nitrogen and oxygen atoms in total. The van der Waals surface area contributed by atoms with Crippen LogP contribution in [0.15, 0.2) is 23.2 Å². The molecule has 0 aliphatic carbocycles. The summed E-state index contributed by atoms with van der Waals surface area (Å²) >= 11 is 0. The maximum Gasteiger partial charge on any atom is 0.191 e. The summed E-state index contributed by atoms with van der Waals surface area (Å²) in [5.41, 5.74) is 2.34. The van der Waals surface area contributed by atoms with Crippen LogP contribution in [-0.2, 0) is 6.54 Å². The van der Waals surface area contributed by atoms with Crippen LogP contribution in [0.3, 0.4) is 0 Å². The highest BCUT2D eigenvalue weighted by molar-refractivity contribution is 5.79. The minimum absolute atomic E-state index is 0.705. The number of rotatable bonds is 5. The van der Waals surface area contributed by atoms with Crippen molar-refractivity contribution in [2.75, 3.05) is 40.8 Å². The Morgan fingerprint density at radius 1 is 1.30 bits per heavy atom. The highest BCUT2D eigenvalue weighted by atomic mass is 16.5. The van der Waals surface area contributed by atoms with Crippen molar-refractivity contribution in [3.63, 3.8) is 0 Å². The molecule has 1 aliphatic heterocycles. The van der Waals surface area contributed by atoms with E-state index in [2.05, 4.69) is 52.7 Å². The molecule has 0 atom stereocenters. The van der Waals surface area contributed by atoms with E-state index in [4.69, 9.17) is 4.74 Å². The molecule has 128 valence electrons. The van der Waals surface area contributed by atoms with Crippen LogP contribution in [0.2, 0.25) is 0 Å². The van der Waals surface area contributed by atoms with Crippen molar-refractivity contribution >= 4 is 5.96 Å². The summed E-state index contributed by atoms with van der Waals surface area (Å²) < 4.78 is 5.45. The van der Waals surface area contributed by atoms with Gasteiger partial charge in [-0.1, -0.05) is 12.1 Å². The molecule has 1 saturated heterocycles. The fourth-order valence-corrected chi connectivity index (χ4v) is 2.90. The number of guanidine groups is 1. The molecule has 2 N–H and O–H groups in total. The third-order valence-electron chi connectivity index (χ3n) is 4.51. The molecule has 1 heterocycles. The second-order valence-corrected chi connectivity index (χ2v) is 6.37. The first-order valence-electron chi connectivity index (χ1n) is 8.39. The number of methoxy groups -OCH3 is 1. The number of nitrogens with zero attached hydrogens (tertiary/aromatic N) is 2. The van der Waals surface area contributed by atoms with Crippen molar-refractivity contribution in [3.05, 3.63) is 29.3 Å². The van der Waals surface area contributed by atoms with Gasteiger partial charge < -0.3 is 20.3 Å². The van der Waals surface area contributed by atoms with Gasteiger partial charge in [0, 0.05) is 25.7 Å². The number of hydrogen-bond donors (Lipinski definition) is 2. The van der Waals surface area contributed by atoms with Crippen molar-refractivity contribution < 1.29 is 4.74 Å². The first-order valence-corrected chi connectivity index (χ1v) is 8.39. The third kappa shape index (κ3) is 5.43. The number of piperidine rings is 1. The summed E-state index contributed by atoms with van der Waals surface area (Å²) in [6, 6.07) is 6.27. The lowest BCUT2D eigenvalue weighted by Crippen LogP contribution is -2.42. The van der Waals surface area contributed by atoms with Gasteiger partial charge in [-0.25, -0.2) is 0 Å². The molecule has 0 saturated carbocycles. The molecule has 0 bridgehead atoms. The van der Waals surface area contributed by atoms with E-state index in [-0.39, 0.29) is 0 Å². The highest BCUT2D eigenvalue weighted by Crippen LogP contribution is 2.19. The molecule has 1 aromatic rings. The van der Waals surface area contributed by atoms with Crippen molar-refractivity contribution in [1.82, 2.24) is 15.5 Å². The Labute approximate surface area is 140 Å². The zero-order chi connectivity index (χ0) is 16.7. The van der Waals surface area contributed by atoms with E-state index in [9.17, 15) is 0 Å². The zero-order valence-corrected chi connectivity index (χ0v) is 14.9. The van der Waals surface area contributed by atoms with Gasteiger partial charge in [-0.05, 0) is 57.5 Å². The van der Waals surface area contributed by atoms with Crippen LogP contribution in [0, 0.1) is 12.8 Å².